The van der Waals surface area contributed by atoms with E-state index in [9.17, 15) is 13.6 Å². The van der Waals surface area contributed by atoms with Gasteiger partial charge in [-0.2, -0.15) is 0 Å². The number of benzene rings is 1. The van der Waals surface area contributed by atoms with Crippen molar-refractivity contribution in [1.29, 1.82) is 0 Å². The Morgan fingerprint density at radius 1 is 1.32 bits per heavy atom. The van der Waals surface area contributed by atoms with Gasteiger partial charge in [-0.3, -0.25) is 9.69 Å². The van der Waals surface area contributed by atoms with Gasteiger partial charge in [-0.05, 0) is 33.9 Å². The Labute approximate surface area is 112 Å². The molecule has 0 fully saturated rings. The summed E-state index contributed by atoms with van der Waals surface area (Å²) in [6.07, 6.45) is 0. The van der Waals surface area contributed by atoms with Crippen molar-refractivity contribution in [3.63, 3.8) is 0 Å². The number of amides is 1. The lowest BCUT2D eigenvalue weighted by molar-refractivity contribution is -0.123. The molecule has 0 saturated heterocycles. The van der Waals surface area contributed by atoms with E-state index >= 15 is 0 Å². The number of carbonyl (C=O) groups excluding carboxylic acids is 1. The summed E-state index contributed by atoms with van der Waals surface area (Å²) in [4.78, 5) is 13.4. The molecule has 0 unspecified atom stereocenters. The van der Waals surface area contributed by atoms with Crippen LogP contribution in [0.2, 0.25) is 0 Å². The van der Waals surface area contributed by atoms with Crippen LogP contribution in [-0.4, -0.2) is 29.9 Å². The van der Waals surface area contributed by atoms with E-state index in [4.69, 9.17) is 0 Å². The molecule has 0 aliphatic heterocycles. The van der Waals surface area contributed by atoms with Crippen LogP contribution >= 0.6 is 0 Å². The minimum absolute atomic E-state index is 0.127. The zero-order chi connectivity index (χ0) is 14.6. The van der Waals surface area contributed by atoms with Gasteiger partial charge in [-0.1, -0.05) is 6.07 Å². The molecule has 3 nitrogen and oxygen atoms in total. The van der Waals surface area contributed by atoms with Crippen molar-refractivity contribution in [2.24, 2.45) is 0 Å². The van der Waals surface area contributed by atoms with Gasteiger partial charge < -0.3 is 5.32 Å². The maximum atomic E-state index is 13.5. The minimum atomic E-state index is -0.602. The third-order valence-corrected chi connectivity index (χ3v) is 2.38. The first-order valence-corrected chi connectivity index (χ1v) is 6.11. The van der Waals surface area contributed by atoms with E-state index in [1.807, 2.05) is 20.8 Å². The molecule has 1 N–H and O–H groups in total. The molecule has 1 amide bonds. The third-order valence-electron chi connectivity index (χ3n) is 2.38. The van der Waals surface area contributed by atoms with Gasteiger partial charge >= 0.3 is 0 Å². The van der Waals surface area contributed by atoms with Crippen LogP contribution < -0.4 is 5.32 Å². The zero-order valence-corrected chi connectivity index (χ0v) is 11.8. The van der Waals surface area contributed by atoms with E-state index in [0.717, 1.165) is 6.07 Å². The summed E-state index contributed by atoms with van der Waals surface area (Å²) in [5.74, 6) is -1.32. The summed E-state index contributed by atoms with van der Waals surface area (Å²) < 4.78 is 26.2. The predicted octanol–water partition coefficient (Wildman–Crippen LogP) is 2.31. The summed E-state index contributed by atoms with van der Waals surface area (Å²) >= 11 is 0. The molecule has 0 spiro atoms. The molecule has 1 aromatic rings. The monoisotopic (exact) mass is 270 g/mol. The molecule has 0 radical (unpaired) electrons. The van der Waals surface area contributed by atoms with E-state index in [-0.39, 0.29) is 24.5 Å². The van der Waals surface area contributed by atoms with Crippen molar-refractivity contribution in [3.05, 3.63) is 35.4 Å². The second-order valence-electron chi connectivity index (χ2n) is 5.71. The molecule has 1 aromatic carbocycles. The average Bonchev–Trinajstić information content (AvgIpc) is 2.19. The van der Waals surface area contributed by atoms with Crippen LogP contribution in [0.1, 0.15) is 26.3 Å². The zero-order valence-electron chi connectivity index (χ0n) is 11.8. The summed E-state index contributed by atoms with van der Waals surface area (Å²) in [6, 6.07) is 3.45. The highest BCUT2D eigenvalue weighted by Crippen LogP contribution is 2.11. The number of nitrogens with one attached hydrogen (secondary N) is 1. The second-order valence-corrected chi connectivity index (χ2v) is 5.71. The van der Waals surface area contributed by atoms with Crippen molar-refractivity contribution in [2.75, 3.05) is 13.6 Å². The van der Waals surface area contributed by atoms with Crippen LogP contribution in [0.5, 0.6) is 0 Å². The molecule has 1 rings (SSSR count). The minimum Gasteiger partial charge on any atom is -0.350 e. The van der Waals surface area contributed by atoms with Crippen LogP contribution in [-0.2, 0) is 11.3 Å². The fourth-order valence-corrected chi connectivity index (χ4v) is 1.70. The van der Waals surface area contributed by atoms with Crippen molar-refractivity contribution in [3.8, 4) is 0 Å². The number of carbonyl (C=O) groups is 1. The van der Waals surface area contributed by atoms with Crippen molar-refractivity contribution < 1.29 is 13.6 Å². The predicted molar refractivity (Wildman–Crippen MR) is 70.6 cm³/mol. The molecule has 0 aliphatic carbocycles. The average molecular weight is 270 g/mol. The third kappa shape index (κ3) is 5.79. The topological polar surface area (TPSA) is 32.3 Å². The van der Waals surface area contributed by atoms with Gasteiger partial charge in [-0.25, -0.2) is 8.78 Å². The highest BCUT2D eigenvalue weighted by Gasteiger charge is 2.15. The summed E-state index contributed by atoms with van der Waals surface area (Å²) in [5.41, 5.74) is 0.0754. The highest BCUT2D eigenvalue weighted by molar-refractivity contribution is 5.78. The summed E-state index contributed by atoms with van der Waals surface area (Å²) in [7, 11) is 1.71. The number of halogens is 2. The molecule has 0 aromatic heterocycles. The normalized spacial score (nSPS) is 11.7. The molecule has 106 valence electrons. The Morgan fingerprint density at radius 2 is 1.95 bits per heavy atom. The van der Waals surface area contributed by atoms with Crippen molar-refractivity contribution in [1.82, 2.24) is 10.2 Å². The fourth-order valence-electron chi connectivity index (χ4n) is 1.70. The molecule has 19 heavy (non-hydrogen) atoms. The van der Waals surface area contributed by atoms with Crippen LogP contribution in [0.15, 0.2) is 18.2 Å². The quantitative estimate of drug-likeness (QED) is 0.910. The fraction of sp³-hybridized carbons (Fsp3) is 0.500. The standard InChI is InChI=1S/C14H20F2N2O/c1-14(2,3)17-13(19)9-18(4)8-10-5-6-11(15)7-12(10)16/h5-7H,8-9H2,1-4H3,(H,17,19). The van der Waals surface area contributed by atoms with Crippen molar-refractivity contribution in [2.45, 2.75) is 32.9 Å². The van der Waals surface area contributed by atoms with E-state index < -0.39 is 11.6 Å². The van der Waals surface area contributed by atoms with Gasteiger partial charge in [0.2, 0.25) is 5.91 Å². The Bertz CT molecular complexity index is 455. The first-order valence-electron chi connectivity index (χ1n) is 6.11. The smallest absolute Gasteiger partial charge is 0.234 e. The van der Waals surface area contributed by atoms with E-state index in [1.165, 1.54) is 12.1 Å². The number of nitrogens with zero attached hydrogens (tertiary/aromatic N) is 1. The van der Waals surface area contributed by atoms with Gasteiger partial charge in [0.1, 0.15) is 11.6 Å². The van der Waals surface area contributed by atoms with Gasteiger partial charge in [0.25, 0.3) is 0 Å². The van der Waals surface area contributed by atoms with Crippen LogP contribution in [0.3, 0.4) is 0 Å². The Hall–Kier alpha value is -1.49. The first-order chi connectivity index (χ1) is 8.67. The lowest BCUT2D eigenvalue weighted by atomic mass is 10.1. The Morgan fingerprint density at radius 3 is 2.47 bits per heavy atom. The van der Waals surface area contributed by atoms with E-state index in [1.54, 1.807) is 11.9 Å². The molecule has 0 saturated carbocycles. The largest absolute Gasteiger partial charge is 0.350 e. The number of hydrogen-bond acceptors (Lipinski definition) is 2. The van der Waals surface area contributed by atoms with Gasteiger partial charge in [0, 0.05) is 23.7 Å². The van der Waals surface area contributed by atoms with E-state index in [2.05, 4.69) is 5.32 Å². The van der Waals surface area contributed by atoms with Crippen molar-refractivity contribution >= 4 is 5.91 Å². The molecule has 0 heterocycles. The Kier molecular flexibility index (Phi) is 5.00. The van der Waals surface area contributed by atoms with Crippen LogP contribution in [0.4, 0.5) is 8.78 Å². The number of likely N-dealkylation sites (N-methyl/N-ethyl adjacent to an activating group) is 1. The molecular formula is C14H20F2N2O. The van der Waals surface area contributed by atoms with Crippen LogP contribution in [0.25, 0.3) is 0 Å². The molecule has 0 aliphatic rings. The first kappa shape index (κ1) is 15.6. The van der Waals surface area contributed by atoms with Gasteiger partial charge in [0.05, 0.1) is 6.54 Å². The maximum absolute atomic E-state index is 13.5. The summed E-state index contributed by atoms with van der Waals surface area (Å²) in [5, 5.41) is 2.83. The summed E-state index contributed by atoms with van der Waals surface area (Å²) in [6.45, 7) is 6.09. The number of rotatable bonds is 4. The molecule has 0 atom stereocenters. The highest BCUT2D eigenvalue weighted by atomic mass is 19.1. The van der Waals surface area contributed by atoms with Gasteiger partial charge in [-0.15, -0.1) is 0 Å². The molecule has 0 bridgehead atoms. The van der Waals surface area contributed by atoms with Gasteiger partial charge in [0.15, 0.2) is 0 Å². The SMILES string of the molecule is CN(CC(=O)NC(C)(C)C)Cc1ccc(F)cc1F. The lowest BCUT2D eigenvalue weighted by Crippen LogP contribution is -2.45. The Balaban J connectivity index is 2.55. The lowest BCUT2D eigenvalue weighted by Gasteiger charge is -2.23. The molecule has 5 heteroatoms. The van der Waals surface area contributed by atoms with E-state index in [0.29, 0.717) is 5.56 Å². The second kappa shape index (κ2) is 6.10. The van der Waals surface area contributed by atoms with Crippen LogP contribution in [0, 0.1) is 11.6 Å². The molecular weight excluding hydrogens is 250 g/mol. The number of hydrogen-bond donors (Lipinski definition) is 1. The maximum Gasteiger partial charge on any atom is 0.234 e.